The Morgan fingerprint density at radius 1 is 0.783 bits per heavy atom. The number of aryl methyl sites for hydroxylation is 2. The summed E-state index contributed by atoms with van der Waals surface area (Å²) in [6.45, 7) is 4.39. The van der Waals surface area contributed by atoms with Crippen LogP contribution in [0.4, 0.5) is 0 Å². The molecule has 0 saturated heterocycles. The van der Waals surface area contributed by atoms with E-state index in [1.807, 2.05) is 11.8 Å². The molecular weight excluding hydrogens is 296 g/mol. The topological polar surface area (TPSA) is 0 Å². The highest BCUT2D eigenvalue weighted by molar-refractivity contribution is 7.99. The predicted molar refractivity (Wildman–Crippen MR) is 101 cm³/mol. The molecule has 0 aliphatic heterocycles. The molecule has 23 heavy (non-hydrogen) atoms. The lowest BCUT2D eigenvalue weighted by atomic mass is 9.89. The maximum Gasteiger partial charge on any atom is 0.0186 e. The van der Waals surface area contributed by atoms with Crippen LogP contribution in [0.3, 0.4) is 0 Å². The molecule has 0 aromatic heterocycles. The summed E-state index contributed by atoms with van der Waals surface area (Å²) < 4.78 is 0. The fraction of sp³-hybridized carbons (Fsp3) is 0.182. The van der Waals surface area contributed by atoms with Crippen molar-refractivity contribution < 1.29 is 0 Å². The molecule has 0 N–H and O–H groups in total. The van der Waals surface area contributed by atoms with Crippen LogP contribution in [0, 0.1) is 13.8 Å². The molecule has 0 radical (unpaired) electrons. The van der Waals surface area contributed by atoms with Crippen molar-refractivity contribution in [3.8, 4) is 0 Å². The van der Waals surface area contributed by atoms with E-state index in [2.05, 4.69) is 92.7 Å². The number of benzene rings is 3. The van der Waals surface area contributed by atoms with Crippen LogP contribution in [-0.4, -0.2) is 5.75 Å². The molecular formula is C22H22S. The molecule has 3 rings (SSSR count). The average Bonchev–Trinajstić information content (AvgIpc) is 2.58. The number of rotatable bonds is 5. The van der Waals surface area contributed by atoms with E-state index in [-0.39, 0.29) is 0 Å². The van der Waals surface area contributed by atoms with Crippen LogP contribution in [0.2, 0.25) is 0 Å². The van der Waals surface area contributed by atoms with Gasteiger partial charge in [-0.3, -0.25) is 0 Å². The summed E-state index contributed by atoms with van der Waals surface area (Å²) >= 11 is 1.93. The number of hydrogen-bond donors (Lipinski definition) is 0. The molecule has 0 heterocycles. The van der Waals surface area contributed by atoms with Gasteiger partial charge in [0, 0.05) is 16.6 Å². The van der Waals surface area contributed by atoms with Crippen LogP contribution in [0.5, 0.6) is 0 Å². The molecule has 0 spiro atoms. The van der Waals surface area contributed by atoms with Gasteiger partial charge in [0.1, 0.15) is 0 Å². The van der Waals surface area contributed by atoms with E-state index in [1.165, 1.54) is 27.1 Å². The molecule has 0 aliphatic carbocycles. The molecule has 1 heteroatoms. The Bertz CT molecular complexity index is 747. The third-order valence-corrected chi connectivity index (χ3v) is 5.27. The Hall–Kier alpha value is -1.99. The van der Waals surface area contributed by atoms with Crippen molar-refractivity contribution in [2.24, 2.45) is 0 Å². The summed E-state index contributed by atoms with van der Waals surface area (Å²) in [5.41, 5.74) is 5.54. The Balaban J connectivity index is 1.91. The van der Waals surface area contributed by atoms with Crippen molar-refractivity contribution in [3.05, 3.63) is 101 Å². The highest BCUT2D eigenvalue weighted by Crippen LogP contribution is 2.33. The van der Waals surface area contributed by atoms with Gasteiger partial charge >= 0.3 is 0 Å². The van der Waals surface area contributed by atoms with E-state index in [1.54, 1.807) is 0 Å². The fourth-order valence-corrected chi connectivity index (χ4v) is 4.04. The summed E-state index contributed by atoms with van der Waals surface area (Å²) in [4.78, 5) is 1.33. The van der Waals surface area contributed by atoms with Gasteiger partial charge in [0.15, 0.2) is 0 Å². The van der Waals surface area contributed by atoms with Crippen molar-refractivity contribution in [1.29, 1.82) is 0 Å². The van der Waals surface area contributed by atoms with Crippen LogP contribution in [-0.2, 0) is 0 Å². The molecule has 0 bridgehead atoms. The molecule has 0 nitrogen and oxygen atoms in total. The van der Waals surface area contributed by atoms with Crippen molar-refractivity contribution in [3.63, 3.8) is 0 Å². The maximum atomic E-state index is 2.30. The SMILES string of the molecule is Cc1ccc([C@@H](CSc2ccccc2)c2ccccc2)c(C)c1. The molecule has 3 aromatic rings. The van der Waals surface area contributed by atoms with Crippen LogP contribution in [0.1, 0.15) is 28.2 Å². The number of hydrogen-bond acceptors (Lipinski definition) is 1. The zero-order valence-corrected chi connectivity index (χ0v) is 14.5. The van der Waals surface area contributed by atoms with E-state index in [9.17, 15) is 0 Å². The van der Waals surface area contributed by atoms with Gasteiger partial charge in [-0.15, -0.1) is 11.8 Å². The van der Waals surface area contributed by atoms with Crippen molar-refractivity contribution in [2.45, 2.75) is 24.7 Å². The van der Waals surface area contributed by atoms with E-state index >= 15 is 0 Å². The standard InChI is InChI=1S/C22H22S/c1-17-13-14-21(18(2)15-17)22(19-9-5-3-6-10-19)16-23-20-11-7-4-8-12-20/h3-15,22H,16H2,1-2H3/t22-/m0/s1. The first-order valence-corrected chi connectivity index (χ1v) is 9.02. The zero-order valence-electron chi connectivity index (χ0n) is 13.7. The highest BCUT2D eigenvalue weighted by atomic mass is 32.2. The highest BCUT2D eigenvalue weighted by Gasteiger charge is 2.16. The van der Waals surface area contributed by atoms with E-state index in [4.69, 9.17) is 0 Å². The second-order valence-electron chi connectivity index (χ2n) is 5.95. The molecule has 0 aliphatic rings. The minimum Gasteiger partial charge on any atom is -0.125 e. The quantitative estimate of drug-likeness (QED) is 0.503. The Kier molecular flexibility index (Phi) is 5.19. The minimum atomic E-state index is 0.419. The second-order valence-corrected chi connectivity index (χ2v) is 7.04. The predicted octanol–water partition coefficient (Wildman–Crippen LogP) is 6.23. The summed E-state index contributed by atoms with van der Waals surface area (Å²) in [6.07, 6.45) is 0. The first-order valence-electron chi connectivity index (χ1n) is 8.04. The van der Waals surface area contributed by atoms with Gasteiger partial charge in [0.25, 0.3) is 0 Å². The summed E-state index contributed by atoms with van der Waals surface area (Å²) in [5.74, 6) is 1.47. The van der Waals surface area contributed by atoms with E-state index in [0.29, 0.717) is 5.92 Å². The van der Waals surface area contributed by atoms with Gasteiger partial charge in [-0.05, 0) is 42.7 Å². The molecule has 0 fully saturated rings. The lowest BCUT2D eigenvalue weighted by Gasteiger charge is -2.20. The molecule has 1 atom stereocenters. The lowest BCUT2D eigenvalue weighted by molar-refractivity contribution is 0.922. The van der Waals surface area contributed by atoms with Crippen molar-refractivity contribution in [1.82, 2.24) is 0 Å². The Morgan fingerprint density at radius 3 is 2.09 bits per heavy atom. The van der Waals surface area contributed by atoms with Gasteiger partial charge in [-0.2, -0.15) is 0 Å². The van der Waals surface area contributed by atoms with Crippen LogP contribution in [0.15, 0.2) is 83.8 Å². The zero-order chi connectivity index (χ0) is 16.1. The third kappa shape index (κ3) is 4.05. The minimum absolute atomic E-state index is 0.419. The lowest BCUT2D eigenvalue weighted by Crippen LogP contribution is -2.06. The summed E-state index contributed by atoms with van der Waals surface area (Å²) in [5, 5.41) is 0. The summed E-state index contributed by atoms with van der Waals surface area (Å²) in [6, 6.07) is 28.3. The van der Waals surface area contributed by atoms with Crippen molar-refractivity contribution in [2.75, 3.05) is 5.75 Å². The molecule has 3 aromatic carbocycles. The third-order valence-electron chi connectivity index (χ3n) is 4.16. The number of thioether (sulfide) groups is 1. The average molecular weight is 318 g/mol. The van der Waals surface area contributed by atoms with Crippen molar-refractivity contribution >= 4 is 11.8 Å². The van der Waals surface area contributed by atoms with Crippen LogP contribution in [0.25, 0.3) is 0 Å². The van der Waals surface area contributed by atoms with E-state index in [0.717, 1.165) is 5.75 Å². The van der Waals surface area contributed by atoms with E-state index < -0.39 is 0 Å². The molecule has 0 unspecified atom stereocenters. The molecule has 0 saturated carbocycles. The van der Waals surface area contributed by atoms with Gasteiger partial charge in [0.05, 0.1) is 0 Å². The summed E-state index contributed by atoms with van der Waals surface area (Å²) in [7, 11) is 0. The first-order chi connectivity index (χ1) is 11.2. The Morgan fingerprint density at radius 2 is 1.43 bits per heavy atom. The normalized spacial score (nSPS) is 12.1. The van der Waals surface area contributed by atoms with Gasteiger partial charge < -0.3 is 0 Å². The van der Waals surface area contributed by atoms with Crippen LogP contribution < -0.4 is 0 Å². The smallest absolute Gasteiger partial charge is 0.0186 e. The van der Waals surface area contributed by atoms with Gasteiger partial charge in [-0.25, -0.2) is 0 Å². The second kappa shape index (κ2) is 7.52. The largest absolute Gasteiger partial charge is 0.125 e. The molecule has 0 amide bonds. The van der Waals surface area contributed by atoms with Crippen LogP contribution >= 0.6 is 11.8 Å². The monoisotopic (exact) mass is 318 g/mol. The fourth-order valence-electron chi connectivity index (χ4n) is 2.96. The first kappa shape index (κ1) is 15.9. The molecule has 116 valence electrons. The maximum absolute atomic E-state index is 2.30. The van der Waals surface area contributed by atoms with Gasteiger partial charge in [0.2, 0.25) is 0 Å². The Labute approximate surface area is 143 Å². The van der Waals surface area contributed by atoms with Gasteiger partial charge in [-0.1, -0.05) is 72.3 Å².